The third-order valence-corrected chi connectivity index (χ3v) is 5.54. The van der Waals surface area contributed by atoms with E-state index in [0.717, 1.165) is 12.1 Å². The van der Waals surface area contributed by atoms with Gasteiger partial charge < -0.3 is 24.3 Å². The number of methoxy groups -OCH3 is 4. The monoisotopic (exact) mass is 511 g/mol. The molecule has 0 spiro atoms. The number of carbonyl (C=O) groups excluding carboxylic acids is 3. The van der Waals surface area contributed by atoms with Crippen LogP contribution in [-0.2, 0) is 11.2 Å². The first-order valence-corrected chi connectivity index (χ1v) is 10.5. The first-order valence-electron chi connectivity index (χ1n) is 10.5. The summed E-state index contributed by atoms with van der Waals surface area (Å²) in [5.74, 6) is -2.28. The van der Waals surface area contributed by atoms with Gasteiger partial charge in [-0.1, -0.05) is 12.1 Å². The molecule has 0 saturated carbocycles. The molecule has 1 atom stereocenters. The molecule has 1 saturated heterocycles. The predicted octanol–water partition coefficient (Wildman–Crippen LogP) is 2.50. The molecule has 0 aromatic heterocycles. The van der Waals surface area contributed by atoms with Crippen molar-refractivity contribution in [2.75, 3.05) is 35.0 Å². The van der Waals surface area contributed by atoms with E-state index in [4.69, 9.17) is 18.9 Å². The van der Waals surface area contributed by atoms with E-state index in [-0.39, 0.29) is 35.8 Å². The highest BCUT2D eigenvalue weighted by molar-refractivity contribution is 6.10. The summed E-state index contributed by atoms with van der Waals surface area (Å²) in [4.78, 5) is 38.7. The smallest absolute Gasteiger partial charge is 0.440 e. The zero-order chi connectivity index (χ0) is 26.7. The fraction of sp³-hybridized carbons (Fsp3) is 0.348. The number of hydrogen-bond donors (Lipinski definition) is 2. The maximum absolute atomic E-state index is 14.2. The van der Waals surface area contributed by atoms with Crippen molar-refractivity contribution in [1.29, 1.82) is 0 Å². The van der Waals surface area contributed by atoms with Crippen LogP contribution in [-0.4, -0.2) is 69.6 Å². The first kappa shape index (κ1) is 26.4. The Morgan fingerprint density at radius 2 is 1.56 bits per heavy atom. The molecule has 0 radical (unpaired) electrons. The van der Waals surface area contributed by atoms with Crippen molar-refractivity contribution in [2.45, 2.75) is 18.3 Å². The van der Waals surface area contributed by atoms with Crippen molar-refractivity contribution >= 4 is 17.8 Å². The Labute approximate surface area is 204 Å². The van der Waals surface area contributed by atoms with Gasteiger partial charge in [-0.2, -0.15) is 13.2 Å². The minimum atomic E-state index is -5.36. The molecule has 4 amide bonds. The number of ether oxygens (including phenoxy) is 4. The number of imide groups is 1. The number of rotatable bonds is 9. The maximum Gasteiger partial charge on any atom is 0.440 e. The highest BCUT2D eigenvalue weighted by atomic mass is 19.4. The second-order valence-electron chi connectivity index (χ2n) is 7.60. The van der Waals surface area contributed by atoms with E-state index in [2.05, 4.69) is 0 Å². The van der Waals surface area contributed by atoms with Crippen LogP contribution < -0.4 is 29.6 Å². The molecular weight excluding hydrogens is 487 g/mol. The summed E-state index contributed by atoms with van der Waals surface area (Å²) in [6.45, 7) is -0.352. The first-order chi connectivity index (χ1) is 17.0. The van der Waals surface area contributed by atoms with Crippen molar-refractivity contribution in [3.63, 3.8) is 0 Å². The van der Waals surface area contributed by atoms with Gasteiger partial charge in [-0.15, -0.1) is 0 Å². The standard InChI is InChI=1S/C23H24F3N3O7/c1-33-15-7-5-13(6-8-15)9-10-29-20(31)22(23(24,25)26,28-21(29)32)27-19(30)14-11-16(34-2)18(36-4)17(12-14)35-3/h5-8,11-12H,9-10H2,1-4H3,(H,27,30)(H,28,32)/t22-/m1/s1. The molecule has 13 heteroatoms. The number of nitrogens with one attached hydrogen (secondary N) is 2. The van der Waals surface area contributed by atoms with E-state index >= 15 is 0 Å². The fourth-order valence-corrected chi connectivity index (χ4v) is 3.61. The average molecular weight is 511 g/mol. The number of hydrogen-bond acceptors (Lipinski definition) is 7. The van der Waals surface area contributed by atoms with Crippen molar-refractivity contribution in [3.05, 3.63) is 47.5 Å². The van der Waals surface area contributed by atoms with Gasteiger partial charge in [0.25, 0.3) is 17.5 Å². The molecule has 0 bridgehead atoms. The summed E-state index contributed by atoms with van der Waals surface area (Å²) in [5, 5.41) is 3.27. The molecule has 1 aliphatic heterocycles. The van der Waals surface area contributed by atoms with Crippen LogP contribution in [0, 0.1) is 0 Å². The van der Waals surface area contributed by atoms with Gasteiger partial charge >= 0.3 is 12.2 Å². The van der Waals surface area contributed by atoms with Crippen LogP contribution in [0.1, 0.15) is 15.9 Å². The molecule has 2 N–H and O–H groups in total. The van der Waals surface area contributed by atoms with E-state index in [1.807, 2.05) is 0 Å². The van der Waals surface area contributed by atoms with E-state index < -0.39 is 29.7 Å². The molecule has 2 aromatic carbocycles. The quantitative estimate of drug-likeness (QED) is 0.497. The third-order valence-electron chi connectivity index (χ3n) is 5.54. The van der Waals surface area contributed by atoms with Crippen LogP contribution in [0.5, 0.6) is 23.0 Å². The van der Waals surface area contributed by atoms with Gasteiger partial charge in [0.15, 0.2) is 11.5 Å². The Morgan fingerprint density at radius 3 is 2.03 bits per heavy atom. The lowest BCUT2D eigenvalue weighted by molar-refractivity contribution is -0.200. The Balaban J connectivity index is 1.88. The van der Waals surface area contributed by atoms with E-state index in [0.29, 0.717) is 16.2 Å². The molecule has 2 aromatic rings. The van der Waals surface area contributed by atoms with Crippen LogP contribution in [0.4, 0.5) is 18.0 Å². The topological polar surface area (TPSA) is 115 Å². The predicted molar refractivity (Wildman–Crippen MR) is 119 cm³/mol. The van der Waals surface area contributed by atoms with Gasteiger partial charge in [-0.25, -0.2) is 4.79 Å². The van der Waals surface area contributed by atoms with Crippen LogP contribution in [0.3, 0.4) is 0 Å². The Morgan fingerprint density at radius 1 is 0.972 bits per heavy atom. The summed E-state index contributed by atoms with van der Waals surface area (Å²) < 4.78 is 63.0. The SMILES string of the molecule is COc1ccc(CCN2C(=O)N[C@@](NC(=O)c3cc(OC)c(OC)c(OC)c3)(C(F)(F)F)C2=O)cc1. The number of halogens is 3. The molecule has 10 nitrogen and oxygen atoms in total. The van der Waals surface area contributed by atoms with E-state index in [9.17, 15) is 27.6 Å². The summed E-state index contributed by atoms with van der Waals surface area (Å²) in [6.07, 6.45) is -5.27. The van der Waals surface area contributed by atoms with Gasteiger partial charge in [0.1, 0.15) is 5.75 Å². The molecule has 1 heterocycles. The summed E-state index contributed by atoms with van der Waals surface area (Å²) in [6, 6.07) is 7.52. The summed E-state index contributed by atoms with van der Waals surface area (Å²) in [7, 11) is 5.31. The molecule has 36 heavy (non-hydrogen) atoms. The van der Waals surface area contributed by atoms with Gasteiger partial charge in [-0.05, 0) is 36.2 Å². The molecule has 3 rings (SSSR count). The highest BCUT2D eigenvalue weighted by Gasteiger charge is 2.68. The van der Waals surface area contributed by atoms with Gasteiger partial charge in [0.2, 0.25) is 5.75 Å². The van der Waals surface area contributed by atoms with Crippen LogP contribution >= 0.6 is 0 Å². The van der Waals surface area contributed by atoms with Crippen molar-refractivity contribution in [2.24, 2.45) is 0 Å². The molecule has 0 unspecified atom stereocenters. The van der Waals surface area contributed by atoms with Gasteiger partial charge in [-0.3, -0.25) is 19.8 Å². The van der Waals surface area contributed by atoms with Crippen LogP contribution in [0.25, 0.3) is 0 Å². The molecule has 1 fully saturated rings. The van der Waals surface area contributed by atoms with Crippen LogP contribution in [0.15, 0.2) is 36.4 Å². The highest BCUT2D eigenvalue weighted by Crippen LogP contribution is 2.39. The van der Waals surface area contributed by atoms with Crippen molar-refractivity contribution < 1.29 is 46.5 Å². The molecule has 0 aliphatic carbocycles. The van der Waals surface area contributed by atoms with Crippen molar-refractivity contribution in [3.8, 4) is 23.0 Å². The zero-order valence-corrected chi connectivity index (χ0v) is 19.8. The molecule has 1 aliphatic rings. The van der Waals surface area contributed by atoms with E-state index in [1.54, 1.807) is 34.9 Å². The third kappa shape index (κ3) is 4.81. The van der Waals surface area contributed by atoms with Crippen molar-refractivity contribution in [1.82, 2.24) is 15.5 Å². The number of nitrogens with zero attached hydrogens (tertiary/aromatic N) is 1. The van der Waals surface area contributed by atoms with Gasteiger partial charge in [0, 0.05) is 12.1 Å². The minimum Gasteiger partial charge on any atom is -0.497 e. The average Bonchev–Trinajstić information content (AvgIpc) is 3.11. The second kappa shape index (κ2) is 10.2. The number of amides is 4. The maximum atomic E-state index is 14.2. The Kier molecular flexibility index (Phi) is 7.51. The van der Waals surface area contributed by atoms with E-state index in [1.165, 1.54) is 28.4 Å². The summed E-state index contributed by atoms with van der Waals surface area (Å²) in [5.41, 5.74) is -3.34. The Hall–Kier alpha value is -4.16. The zero-order valence-electron chi connectivity index (χ0n) is 19.8. The normalized spacial score (nSPS) is 17.5. The Bertz CT molecular complexity index is 1130. The lowest BCUT2D eigenvalue weighted by atomic mass is 10.1. The van der Waals surface area contributed by atoms with Crippen LogP contribution in [0.2, 0.25) is 0 Å². The number of alkyl halides is 3. The van der Waals surface area contributed by atoms with Gasteiger partial charge in [0.05, 0.1) is 28.4 Å². The fourth-order valence-electron chi connectivity index (χ4n) is 3.61. The molecular formula is C23H24F3N3O7. The number of benzene rings is 2. The lowest BCUT2D eigenvalue weighted by Crippen LogP contribution is -2.69. The minimum absolute atomic E-state index is 0.00552. The second-order valence-corrected chi connectivity index (χ2v) is 7.60. The largest absolute Gasteiger partial charge is 0.497 e. The number of urea groups is 1. The number of carbonyl (C=O) groups is 3. The molecule has 194 valence electrons. The lowest BCUT2D eigenvalue weighted by Gasteiger charge is -2.30. The summed E-state index contributed by atoms with van der Waals surface area (Å²) >= 11 is 0.